The lowest BCUT2D eigenvalue weighted by atomic mass is 10.3. The van der Waals surface area contributed by atoms with Crippen LogP contribution in [0, 0.1) is 6.92 Å². The number of carbonyl (C=O) groups is 1. The molecule has 10 heteroatoms. The molecule has 0 radical (unpaired) electrons. The summed E-state index contributed by atoms with van der Waals surface area (Å²) < 4.78 is 5.75. The molecule has 2 aromatic rings. The molecule has 106 valence electrons. The van der Waals surface area contributed by atoms with E-state index in [0.717, 1.165) is 0 Å². The number of nitrogens with one attached hydrogen (secondary N) is 2. The molecule has 0 saturated carbocycles. The van der Waals surface area contributed by atoms with Gasteiger partial charge in [-0.15, -0.1) is 5.10 Å². The zero-order chi connectivity index (χ0) is 14.7. The van der Waals surface area contributed by atoms with Crippen LogP contribution in [0.2, 0.25) is 0 Å². The van der Waals surface area contributed by atoms with E-state index >= 15 is 0 Å². The second-order valence-corrected chi connectivity index (χ2v) is 3.94. The van der Waals surface area contributed by atoms with Gasteiger partial charge in [-0.1, -0.05) is 18.7 Å². The summed E-state index contributed by atoms with van der Waals surface area (Å²) in [6.07, 6.45) is 0.688. The molecule has 2 heterocycles. The number of nitrogens with zero attached hydrogens (tertiary/aromatic N) is 5. The maximum Gasteiger partial charge on any atom is 0.292 e. The summed E-state index contributed by atoms with van der Waals surface area (Å²) >= 11 is 0. The number of hydrogen-bond acceptors (Lipinski definition) is 8. The third kappa shape index (κ3) is 2.43. The zero-order valence-corrected chi connectivity index (χ0v) is 11.0. The molecule has 0 aromatic carbocycles. The Kier molecular flexibility index (Phi) is 3.64. The molecule has 0 unspecified atom stereocenters. The molecule has 1 amide bonds. The van der Waals surface area contributed by atoms with Crippen LogP contribution in [0.5, 0.6) is 0 Å². The molecule has 0 aliphatic heterocycles. The molecule has 0 fully saturated rings. The number of carbonyl (C=O) groups excluding carboxylic acids is 1. The Bertz CT molecular complexity index is 643. The molecule has 4 N–H and O–H groups in total. The van der Waals surface area contributed by atoms with Gasteiger partial charge in [-0.05, 0) is 23.7 Å². The molecule has 2 rings (SSSR count). The molecule has 0 saturated heterocycles. The number of aromatic nitrogens is 5. The van der Waals surface area contributed by atoms with Crippen molar-refractivity contribution < 1.29 is 9.42 Å². The Morgan fingerprint density at radius 2 is 2.20 bits per heavy atom. The number of hydrogen-bond donors (Lipinski definition) is 3. The van der Waals surface area contributed by atoms with E-state index < -0.39 is 5.91 Å². The molecule has 2 aromatic heterocycles. The van der Waals surface area contributed by atoms with E-state index in [2.05, 4.69) is 42.7 Å². The van der Waals surface area contributed by atoms with E-state index in [1.54, 1.807) is 6.92 Å². The highest BCUT2D eigenvalue weighted by molar-refractivity contribution is 5.93. The van der Waals surface area contributed by atoms with Crippen molar-refractivity contribution in [2.75, 3.05) is 5.73 Å². The van der Waals surface area contributed by atoms with Crippen molar-refractivity contribution in [3.05, 3.63) is 23.7 Å². The van der Waals surface area contributed by atoms with Gasteiger partial charge in [0.25, 0.3) is 5.91 Å². The molecule has 0 spiro atoms. The van der Waals surface area contributed by atoms with Crippen LogP contribution >= 0.6 is 0 Å². The molecule has 20 heavy (non-hydrogen) atoms. The normalized spacial score (nSPS) is 10.3. The van der Waals surface area contributed by atoms with Gasteiger partial charge in [0.2, 0.25) is 11.6 Å². The number of nitrogen functional groups attached to an aromatic ring is 1. The van der Waals surface area contributed by atoms with Gasteiger partial charge in [-0.2, -0.15) is 4.68 Å². The predicted octanol–water partition coefficient (Wildman–Crippen LogP) is -0.301. The first kappa shape index (κ1) is 13.5. The lowest BCUT2D eigenvalue weighted by molar-refractivity contribution is 0.0932. The standard InChI is InChI=1S/C10H14N8O2/c1-4-5(2)12-14-10(19)7-6(3)18(17-13-7)9-8(11)15-20-16-9/h12H,2,4H2,1,3H3,(H2,11,15)(H,14,19). The Labute approximate surface area is 113 Å². The first-order chi connectivity index (χ1) is 9.54. The monoisotopic (exact) mass is 278 g/mol. The SMILES string of the molecule is C=C(CC)NNC(=O)c1nnn(-c2nonc2N)c1C. The largest absolute Gasteiger partial charge is 0.378 e. The van der Waals surface area contributed by atoms with Gasteiger partial charge in [-0.3, -0.25) is 10.2 Å². The van der Waals surface area contributed by atoms with Crippen molar-refractivity contribution >= 4 is 11.7 Å². The molecular weight excluding hydrogens is 264 g/mol. The fraction of sp³-hybridized carbons (Fsp3) is 0.300. The van der Waals surface area contributed by atoms with Gasteiger partial charge in [0.05, 0.1) is 5.69 Å². The Morgan fingerprint density at radius 3 is 2.80 bits per heavy atom. The maximum atomic E-state index is 11.9. The first-order valence-corrected chi connectivity index (χ1v) is 5.79. The minimum atomic E-state index is -0.446. The lowest BCUT2D eigenvalue weighted by Crippen LogP contribution is -2.36. The number of hydrazine groups is 1. The fourth-order valence-corrected chi connectivity index (χ4v) is 1.37. The second kappa shape index (κ2) is 5.38. The van der Waals surface area contributed by atoms with Crippen LogP contribution in [0.3, 0.4) is 0 Å². The van der Waals surface area contributed by atoms with Crippen LogP contribution in [0.15, 0.2) is 16.9 Å². The van der Waals surface area contributed by atoms with Crippen molar-refractivity contribution in [2.24, 2.45) is 0 Å². The summed E-state index contributed by atoms with van der Waals surface area (Å²) in [7, 11) is 0. The summed E-state index contributed by atoms with van der Waals surface area (Å²) in [6.45, 7) is 7.26. The molecule has 0 aliphatic carbocycles. The number of nitrogens with two attached hydrogens (primary N) is 1. The maximum absolute atomic E-state index is 11.9. The smallest absolute Gasteiger partial charge is 0.292 e. The summed E-state index contributed by atoms with van der Waals surface area (Å²) in [4.78, 5) is 11.9. The molecule has 0 bridgehead atoms. The van der Waals surface area contributed by atoms with Gasteiger partial charge in [0, 0.05) is 5.70 Å². The highest BCUT2D eigenvalue weighted by Crippen LogP contribution is 2.14. The topological polar surface area (TPSA) is 137 Å². The van der Waals surface area contributed by atoms with E-state index in [-0.39, 0.29) is 17.3 Å². The minimum Gasteiger partial charge on any atom is -0.378 e. The molecule has 0 aliphatic rings. The van der Waals surface area contributed by atoms with E-state index in [9.17, 15) is 4.79 Å². The minimum absolute atomic E-state index is 0.0578. The number of anilines is 1. The summed E-state index contributed by atoms with van der Waals surface area (Å²) in [5.74, 6) is -0.208. The van der Waals surface area contributed by atoms with Crippen LogP contribution in [-0.4, -0.2) is 31.2 Å². The Hall–Kier alpha value is -2.91. The van der Waals surface area contributed by atoms with Crippen LogP contribution in [0.1, 0.15) is 29.5 Å². The first-order valence-electron chi connectivity index (χ1n) is 5.79. The van der Waals surface area contributed by atoms with Crippen molar-refractivity contribution in [1.82, 2.24) is 36.2 Å². The van der Waals surface area contributed by atoms with Crippen LogP contribution in [0.4, 0.5) is 5.82 Å². The number of allylic oxidation sites excluding steroid dienone is 1. The quantitative estimate of drug-likeness (QED) is 0.634. The fourth-order valence-electron chi connectivity index (χ4n) is 1.37. The van der Waals surface area contributed by atoms with Gasteiger partial charge in [0.15, 0.2) is 5.69 Å². The van der Waals surface area contributed by atoms with Crippen molar-refractivity contribution in [3.63, 3.8) is 0 Å². The Morgan fingerprint density at radius 1 is 1.45 bits per heavy atom. The highest BCUT2D eigenvalue weighted by atomic mass is 16.6. The molecule has 10 nitrogen and oxygen atoms in total. The zero-order valence-electron chi connectivity index (χ0n) is 11.0. The van der Waals surface area contributed by atoms with Gasteiger partial charge >= 0.3 is 0 Å². The van der Waals surface area contributed by atoms with E-state index in [4.69, 9.17) is 5.73 Å². The molecular formula is C10H14N8O2. The lowest BCUT2D eigenvalue weighted by Gasteiger charge is -2.07. The average Bonchev–Trinajstić information content (AvgIpc) is 3.01. The van der Waals surface area contributed by atoms with Gasteiger partial charge < -0.3 is 11.2 Å². The van der Waals surface area contributed by atoms with E-state index in [1.807, 2.05) is 6.92 Å². The third-order valence-corrected chi connectivity index (χ3v) is 2.59. The van der Waals surface area contributed by atoms with E-state index in [1.165, 1.54) is 4.68 Å². The summed E-state index contributed by atoms with van der Waals surface area (Å²) in [5, 5.41) is 14.6. The third-order valence-electron chi connectivity index (χ3n) is 2.59. The van der Waals surface area contributed by atoms with Crippen molar-refractivity contribution in [2.45, 2.75) is 20.3 Å². The van der Waals surface area contributed by atoms with E-state index in [0.29, 0.717) is 17.8 Å². The van der Waals surface area contributed by atoms with Crippen LogP contribution < -0.4 is 16.6 Å². The Balaban J connectivity index is 2.19. The van der Waals surface area contributed by atoms with Gasteiger partial charge in [0.1, 0.15) is 0 Å². The highest BCUT2D eigenvalue weighted by Gasteiger charge is 2.20. The van der Waals surface area contributed by atoms with Crippen LogP contribution in [0.25, 0.3) is 5.82 Å². The van der Waals surface area contributed by atoms with Crippen molar-refractivity contribution in [1.29, 1.82) is 0 Å². The number of rotatable bonds is 5. The molecule has 0 atom stereocenters. The van der Waals surface area contributed by atoms with Crippen LogP contribution in [-0.2, 0) is 0 Å². The second-order valence-electron chi connectivity index (χ2n) is 3.94. The number of amides is 1. The predicted molar refractivity (Wildman–Crippen MR) is 68.4 cm³/mol. The van der Waals surface area contributed by atoms with Gasteiger partial charge in [-0.25, -0.2) is 4.63 Å². The summed E-state index contributed by atoms with van der Waals surface area (Å²) in [6, 6.07) is 0. The average molecular weight is 278 g/mol. The van der Waals surface area contributed by atoms with Crippen molar-refractivity contribution in [3.8, 4) is 5.82 Å². The summed E-state index contributed by atoms with van der Waals surface area (Å²) in [5.41, 5.74) is 12.0.